The van der Waals surface area contributed by atoms with Gasteiger partial charge >= 0.3 is 0 Å². The number of anilines is 1. The fourth-order valence-electron chi connectivity index (χ4n) is 2.83. The second-order valence-electron chi connectivity index (χ2n) is 6.47. The van der Waals surface area contributed by atoms with Gasteiger partial charge in [0.25, 0.3) is 5.91 Å². The number of aryl methyl sites for hydroxylation is 1. The highest BCUT2D eigenvalue weighted by Gasteiger charge is 2.24. The number of amides is 1. The standard InChI is InChI=1S/C21H26N2O5S/c1-5-23(6-2)29(26,27)20-13-18(12-11-15(20)3)22-21(25)16(4)28-19-10-8-7-9-17(19)14-24/h7-14,16H,5-6H2,1-4H3,(H,22,25)/t16-/m0/s1. The van der Waals surface area contributed by atoms with Crippen molar-refractivity contribution in [2.45, 2.75) is 38.7 Å². The summed E-state index contributed by atoms with van der Waals surface area (Å²) < 4.78 is 32.7. The molecule has 2 aromatic carbocycles. The van der Waals surface area contributed by atoms with Gasteiger partial charge in [-0.15, -0.1) is 0 Å². The van der Waals surface area contributed by atoms with Gasteiger partial charge in [-0.1, -0.05) is 32.0 Å². The van der Waals surface area contributed by atoms with E-state index in [9.17, 15) is 18.0 Å². The molecule has 29 heavy (non-hydrogen) atoms. The van der Waals surface area contributed by atoms with Gasteiger partial charge < -0.3 is 10.1 Å². The van der Waals surface area contributed by atoms with Gasteiger partial charge in [0.2, 0.25) is 10.0 Å². The molecular formula is C21H26N2O5S. The number of para-hydroxylation sites is 1. The van der Waals surface area contributed by atoms with Crippen LogP contribution >= 0.6 is 0 Å². The maximum atomic E-state index is 12.9. The maximum absolute atomic E-state index is 12.9. The summed E-state index contributed by atoms with van der Waals surface area (Å²) >= 11 is 0. The summed E-state index contributed by atoms with van der Waals surface area (Å²) in [6, 6.07) is 11.3. The summed E-state index contributed by atoms with van der Waals surface area (Å²) in [4.78, 5) is 23.8. The highest BCUT2D eigenvalue weighted by molar-refractivity contribution is 7.89. The van der Waals surface area contributed by atoms with Crippen LogP contribution in [0.15, 0.2) is 47.4 Å². The van der Waals surface area contributed by atoms with E-state index in [2.05, 4.69) is 5.32 Å². The molecule has 0 heterocycles. The molecule has 0 saturated heterocycles. The average Bonchev–Trinajstić information content (AvgIpc) is 2.70. The smallest absolute Gasteiger partial charge is 0.265 e. The topological polar surface area (TPSA) is 92.8 Å². The molecule has 0 fully saturated rings. The fraction of sp³-hybridized carbons (Fsp3) is 0.333. The molecule has 156 valence electrons. The Balaban J connectivity index is 2.21. The number of hydrogen-bond donors (Lipinski definition) is 1. The third kappa shape index (κ3) is 5.21. The van der Waals surface area contributed by atoms with Gasteiger partial charge in [0.1, 0.15) is 5.75 Å². The predicted octanol–water partition coefficient (Wildman–Crippen LogP) is 3.24. The van der Waals surface area contributed by atoms with Crippen LogP contribution in [0, 0.1) is 6.92 Å². The lowest BCUT2D eigenvalue weighted by molar-refractivity contribution is -0.122. The van der Waals surface area contributed by atoms with Crippen molar-refractivity contribution in [3.8, 4) is 5.75 Å². The van der Waals surface area contributed by atoms with Crippen LogP contribution in [0.2, 0.25) is 0 Å². The van der Waals surface area contributed by atoms with Crippen LogP contribution in [-0.4, -0.2) is 44.1 Å². The van der Waals surface area contributed by atoms with E-state index >= 15 is 0 Å². The molecule has 8 heteroatoms. The second kappa shape index (κ2) is 9.67. The van der Waals surface area contributed by atoms with Crippen LogP contribution in [0.1, 0.15) is 36.7 Å². The summed E-state index contributed by atoms with van der Waals surface area (Å²) in [5.74, 6) is -0.153. The Morgan fingerprint density at radius 1 is 1.17 bits per heavy atom. The van der Waals surface area contributed by atoms with E-state index in [0.717, 1.165) is 0 Å². The molecule has 0 aliphatic carbocycles. The van der Waals surface area contributed by atoms with E-state index in [0.29, 0.717) is 41.9 Å². The second-order valence-corrected chi connectivity index (χ2v) is 8.38. The summed E-state index contributed by atoms with van der Waals surface area (Å²) in [5.41, 5.74) is 1.29. The predicted molar refractivity (Wildman–Crippen MR) is 112 cm³/mol. The lowest BCUT2D eigenvalue weighted by Crippen LogP contribution is -2.32. The zero-order chi connectivity index (χ0) is 21.6. The van der Waals surface area contributed by atoms with E-state index in [1.807, 2.05) is 0 Å². The lowest BCUT2D eigenvalue weighted by atomic mass is 10.2. The minimum atomic E-state index is -3.66. The zero-order valence-electron chi connectivity index (χ0n) is 17.0. The van der Waals surface area contributed by atoms with E-state index in [1.165, 1.54) is 10.4 Å². The Bertz CT molecular complexity index is 984. The molecule has 0 radical (unpaired) electrons. The summed E-state index contributed by atoms with van der Waals surface area (Å²) in [7, 11) is -3.66. The van der Waals surface area contributed by atoms with Gasteiger partial charge in [-0.05, 0) is 43.7 Å². The summed E-state index contributed by atoms with van der Waals surface area (Å²) in [6.45, 7) is 7.53. The number of ether oxygens (including phenoxy) is 1. The van der Waals surface area contributed by atoms with E-state index in [-0.39, 0.29) is 4.90 Å². The molecule has 7 nitrogen and oxygen atoms in total. The van der Waals surface area contributed by atoms with Crippen LogP contribution in [0.4, 0.5) is 5.69 Å². The van der Waals surface area contributed by atoms with Crippen LogP contribution in [-0.2, 0) is 14.8 Å². The highest BCUT2D eigenvalue weighted by Crippen LogP contribution is 2.24. The van der Waals surface area contributed by atoms with Crippen LogP contribution in [0.3, 0.4) is 0 Å². The van der Waals surface area contributed by atoms with Crippen LogP contribution in [0.25, 0.3) is 0 Å². The van der Waals surface area contributed by atoms with Crippen molar-refractivity contribution in [1.29, 1.82) is 0 Å². The molecule has 1 N–H and O–H groups in total. The van der Waals surface area contributed by atoms with E-state index in [1.54, 1.807) is 64.1 Å². The number of nitrogens with one attached hydrogen (secondary N) is 1. The number of hydrogen-bond acceptors (Lipinski definition) is 5. The normalized spacial score (nSPS) is 12.4. The Morgan fingerprint density at radius 3 is 2.45 bits per heavy atom. The maximum Gasteiger partial charge on any atom is 0.265 e. The molecule has 0 aliphatic rings. The number of rotatable bonds is 9. The van der Waals surface area contributed by atoms with Crippen molar-refractivity contribution in [3.63, 3.8) is 0 Å². The lowest BCUT2D eigenvalue weighted by Gasteiger charge is -2.21. The first-order valence-corrected chi connectivity index (χ1v) is 10.8. The monoisotopic (exact) mass is 418 g/mol. The Morgan fingerprint density at radius 2 is 1.83 bits per heavy atom. The molecule has 2 aromatic rings. The zero-order valence-corrected chi connectivity index (χ0v) is 17.8. The number of aldehydes is 1. The van der Waals surface area contributed by atoms with Gasteiger partial charge in [-0.3, -0.25) is 9.59 Å². The van der Waals surface area contributed by atoms with Crippen molar-refractivity contribution in [1.82, 2.24) is 4.31 Å². The Kier molecular flexibility index (Phi) is 7.53. The van der Waals surface area contributed by atoms with Crippen molar-refractivity contribution in [2.75, 3.05) is 18.4 Å². The number of carbonyl (C=O) groups is 2. The van der Waals surface area contributed by atoms with Crippen LogP contribution < -0.4 is 10.1 Å². The van der Waals surface area contributed by atoms with Crippen LogP contribution in [0.5, 0.6) is 5.75 Å². The van der Waals surface area contributed by atoms with E-state index < -0.39 is 22.0 Å². The molecule has 1 atom stereocenters. The minimum absolute atomic E-state index is 0.152. The first kappa shape index (κ1) is 22.6. The third-order valence-electron chi connectivity index (χ3n) is 4.50. The molecule has 0 aromatic heterocycles. The number of carbonyl (C=O) groups excluding carboxylic acids is 2. The number of sulfonamides is 1. The fourth-order valence-corrected chi connectivity index (χ4v) is 4.54. The van der Waals surface area contributed by atoms with Gasteiger partial charge in [0.15, 0.2) is 12.4 Å². The Hall–Kier alpha value is -2.71. The molecule has 2 rings (SSSR count). The van der Waals surface area contributed by atoms with Crippen molar-refractivity contribution in [2.24, 2.45) is 0 Å². The third-order valence-corrected chi connectivity index (χ3v) is 6.69. The van der Waals surface area contributed by atoms with Crippen molar-refractivity contribution in [3.05, 3.63) is 53.6 Å². The minimum Gasteiger partial charge on any atom is -0.480 e. The number of benzene rings is 2. The van der Waals surface area contributed by atoms with Gasteiger partial charge in [0.05, 0.1) is 10.5 Å². The Labute approximate surface area is 171 Å². The summed E-state index contributed by atoms with van der Waals surface area (Å²) in [6.07, 6.45) is -0.232. The SMILES string of the molecule is CCN(CC)S(=O)(=O)c1cc(NC(=O)[C@H](C)Oc2ccccc2C=O)ccc1C. The van der Waals surface area contributed by atoms with Gasteiger partial charge in [-0.2, -0.15) is 4.31 Å². The van der Waals surface area contributed by atoms with Crippen molar-refractivity contribution >= 4 is 27.9 Å². The molecule has 0 bridgehead atoms. The molecule has 0 aliphatic heterocycles. The highest BCUT2D eigenvalue weighted by atomic mass is 32.2. The van der Waals surface area contributed by atoms with Gasteiger partial charge in [0, 0.05) is 18.8 Å². The van der Waals surface area contributed by atoms with Crippen molar-refractivity contribution < 1.29 is 22.7 Å². The molecule has 1 amide bonds. The first-order valence-electron chi connectivity index (χ1n) is 9.37. The largest absolute Gasteiger partial charge is 0.480 e. The molecular weight excluding hydrogens is 392 g/mol. The van der Waals surface area contributed by atoms with E-state index in [4.69, 9.17) is 4.74 Å². The molecule has 0 spiro atoms. The quantitative estimate of drug-likeness (QED) is 0.631. The number of nitrogens with zero attached hydrogens (tertiary/aromatic N) is 1. The molecule has 0 saturated carbocycles. The molecule has 0 unspecified atom stereocenters. The summed E-state index contributed by atoms with van der Waals surface area (Å²) in [5, 5.41) is 2.68. The first-order chi connectivity index (χ1) is 13.7. The average molecular weight is 419 g/mol. The van der Waals surface area contributed by atoms with Gasteiger partial charge in [-0.25, -0.2) is 8.42 Å².